The maximum absolute atomic E-state index is 6.02. The quantitative estimate of drug-likeness (QED) is 0.632. The first-order valence-corrected chi connectivity index (χ1v) is 7.16. The van der Waals surface area contributed by atoms with E-state index in [0.717, 1.165) is 11.3 Å². The van der Waals surface area contributed by atoms with E-state index in [2.05, 4.69) is 49.4 Å². The SMILES string of the molecule is Cc1ccc(COc2ccccc2-c2ccccc2)cc1. The highest BCUT2D eigenvalue weighted by Crippen LogP contribution is 2.30. The number of hydrogen-bond donors (Lipinski definition) is 0. The number of hydrogen-bond acceptors (Lipinski definition) is 1. The van der Waals surface area contributed by atoms with E-state index >= 15 is 0 Å². The van der Waals surface area contributed by atoms with Crippen molar-refractivity contribution in [3.05, 3.63) is 90.0 Å². The summed E-state index contributed by atoms with van der Waals surface area (Å²) in [4.78, 5) is 0. The average molecular weight is 274 g/mol. The van der Waals surface area contributed by atoms with Crippen LogP contribution in [0.5, 0.6) is 5.75 Å². The van der Waals surface area contributed by atoms with Gasteiger partial charge in [-0.3, -0.25) is 0 Å². The molecular weight excluding hydrogens is 256 g/mol. The van der Waals surface area contributed by atoms with E-state index in [-0.39, 0.29) is 0 Å². The summed E-state index contributed by atoms with van der Waals surface area (Å²) in [5.74, 6) is 0.921. The molecule has 0 heterocycles. The smallest absolute Gasteiger partial charge is 0.127 e. The molecular formula is C20H18O. The molecule has 104 valence electrons. The van der Waals surface area contributed by atoms with E-state index < -0.39 is 0 Å². The molecule has 0 radical (unpaired) electrons. The van der Waals surface area contributed by atoms with Gasteiger partial charge in [-0.25, -0.2) is 0 Å². The van der Waals surface area contributed by atoms with Gasteiger partial charge >= 0.3 is 0 Å². The molecule has 0 unspecified atom stereocenters. The van der Waals surface area contributed by atoms with Crippen molar-refractivity contribution in [3.63, 3.8) is 0 Å². The maximum Gasteiger partial charge on any atom is 0.127 e. The third-order valence-corrected chi connectivity index (χ3v) is 3.49. The van der Waals surface area contributed by atoms with Crippen molar-refractivity contribution in [2.45, 2.75) is 13.5 Å². The Morgan fingerprint density at radius 1 is 0.714 bits per heavy atom. The minimum atomic E-state index is 0.587. The standard InChI is InChI=1S/C20H18O/c1-16-11-13-17(14-12-16)15-21-20-10-6-5-9-19(20)18-7-3-2-4-8-18/h2-14H,15H2,1H3. The topological polar surface area (TPSA) is 9.23 Å². The Labute approximate surface area is 125 Å². The summed E-state index contributed by atoms with van der Waals surface area (Å²) < 4.78 is 6.02. The van der Waals surface area contributed by atoms with E-state index in [1.807, 2.05) is 36.4 Å². The molecule has 3 aromatic carbocycles. The van der Waals surface area contributed by atoms with Gasteiger partial charge in [0.1, 0.15) is 12.4 Å². The van der Waals surface area contributed by atoms with Gasteiger partial charge in [-0.05, 0) is 24.1 Å². The van der Waals surface area contributed by atoms with Crippen LogP contribution in [0.1, 0.15) is 11.1 Å². The van der Waals surface area contributed by atoms with Gasteiger partial charge in [-0.1, -0.05) is 78.4 Å². The van der Waals surface area contributed by atoms with Crippen LogP contribution in [0.2, 0.25) is 0 Å². The van der Waals surface area contributed by atoms with E-state index in [1.54, 1.807) is 0 Å². The molecule has 0 aromatic heterocycles. The molecule has 0 aliphatic heterocycles. The lowest BCUT2D eigenvalue weighted by atomic mass is 10.0. The summed E-state index contributed by atoms with van der Waals surface area (Å²) in [6, 6.07) is 27.0. The lowest BCUT2D eigenvalue weighted by Crippen LogP contribution is -1.97. The molecule has 0 fully saturated rings. The van der Waals surface area contributed by atoms with Crippen LogP contribution in [0.4, 0.5) is 0 Å². The number of aryl methyl sites for hydroxylation is 1. The summed E-state index contributed by atoms with van der Waals surface area (Å²) in [5, 5.41) is 0. The lowest BCUT2D eigenvalue weighted by Gasteiger charge is -2.12. The first-order valence-electron chi connectivity index (χ1n) is 7.16. The van der Waals surface area contributed by atoms with Crippen LogP contribution in [0.15, 0.2) is 78.9 Å². The molecule has 1 heteroatoms. The van der Waals surface area contributed by atoms with E-state index in [1.165, 1.54) is 16.7 Å². The van der Waals surface area contributed by atoms with Crippen molar-refractivity contribution < 1.29 is 4.74 Å². The monoisotopic (exact) mass is 274 g/mol. The molecule has 0 saturated heterocycles. The summed E-state index contributed by atoms with van der Waals surface area (Å²) >= 11 is 0. The molecule has 0 bridgehead atoms. The predicted octanol–water partition coefficient (Wildman–Crippen LogP) is 5.24. The molecule has 0 saturated carbocycles. The van der Waals surface area contributed by atoms with Crippen molar-refractivity contribution in [1.82, 2.24) is 0 Å². The Balaban J connectivity index is 1.81. The van der Waals surface area contributed by atoms with Crippen molar-refractivity contribution in [3.8, 4) is 16.9 Å². The summed E-state index contributed by atoms with van der Waals surface area (Å²) in [6.07, 6.45) is 0. The van der Waals surface area contributed by atoms with Gasteiger partial charge in [-0.15, -0.1) is 0 Å². The Kier molecular flexibility index (Phi) is 4.02. The van der Waals surface area contributed by atoms with Crippen LogP contribution in [0, 0.1) is 6.92 Å². The number of ether oxygens (including phenoxy) is 1. The Morgan fingerprint density at radius 2 is 1.38 bits per heavy atom. The second-order valence-corrected chi connectivity index (χ2v) is 5.14. The molecule has 1 nitrogen and oxygen atoms in total. The molecule has 3 rings (SSSR count). The predicted molar refractivity (Wildman–Crippen MR) is 87.4 cm³/mol. The Bertz CT molecular complexity index is 699. The van der Waals surface area contributed by atoms with Gasteiger partial charge < -0.3 is 4.74 Å². The van der Waals surface area contributed by atoms with Gasteiger partial charge in [0.2, 0.25) is 0 Å². The molecule has 0 aliphatic carbocycles. The first-order chi connectivity index (χ1) is 10.3. The highest BCUT2D eigenvalue weighted by Gasteiger charge is 2.05. The number of para-hydroxylation sites is 1. The van der Waals surface area contributed by atoms with Crippen LogP contribution in [-0.4, -0.2) is 0 Å². The molecule has 21 heavy (non-hydrogen) atoms. The van der Waals surface area contributed by atoms with Gasteiger partial charge in [-0.2, -0.15) is 0 Å². The molecule has 0 atom stereocenters. The van der Waals surface area contributed by atoms with Crippen LogP contribution in [0.3, 0.4) is 0 Å². The normalized spacial score (nSPS) is 10.3. The van der Waals surface area contributed by atoms with Crippen molar-refractivity contribution in [2.75, 3.05) is 0 Å². The van der Waals surface area contributed by atoms with Gasteiger partial charge in [0, 0.05) is 5.56 Å². The van der Waals surface area contributed by atoms with E-state index in [0.29, 0.717) is 6.61 Å². The third kappa shape index (κ3) is 3.32. The van der Waals surface area contributed by atoms with Gasteiger partial charge in [0.25, 0.3) is 0 Å². The van der Waals surface area contributed by atoms with E-state index in [4.69, 9.17) is 4.74 Å². The van der Waals surface area contributed by atoms with Crippen LogP contribution >= 0.6 is 0 Å². The van der Waals surface area contributed by atoms with Crippen molar-refractivity contribution in [1.29, 1.82) is 0 Å². The Hall–Kier alpha value is -2.54. The minimum absolute atomic E-state index is 0.587. The molecule has 0 N–H and O–H groups in total. The molecule has 0 aliphatic rings. The maximum atomic E-state index is 6.02. The fourth-order valence-corrected chi connectivity index (χ4v) is 2.29. The second kappa shape index (κ2) is 6.27. The third-order valence-electron chi connectivity index (χ3n) is 3.49. The zero-order chi connectivity index (χ0) is 14.5. The zero-order valence-corrected chi connectivity index (χ0v) is 12.1. The van der Waals surface area contributed by atoms with Crippen LogP contribution in [0.25, 0.3) is 11.1 Å². The minimum Gasteiger partial charge on any atom is -0.488 e. The first kappa shape index (κ1) is 13.4. The van der Waals surface area contributed by atoms with Crippen molar-refractivity contribution >= 4 is 0 Å². The van der Waals surface area contributed by atoms with E-state index in [9.17, 15) is 0 Å². The van der Waals surface area contributed by atoms with Crippen LogP contribution < -0.4 is 4.74 Å². The summed E-state index contributed by atoms with van der Waals surface area (Å²) in [5.41, 5.74) is 4.76. The highest BCUT2D eigenvalue weighted by atomic mass is 16.5. The number of benzene rings is 3. The Morgan fingerprint density at radius 3 is 2.14 bits per heavy atom. The second-order valence-electron chi connectivity index (χ2n) is 5.14. The number of rotatable bonds is 4. The molecule has 0 spiro atoms. The summed E-state index contributed by atoms with van der Waals surface area (Å²) in [6.45, 7) is 2.68. The fraction of sp³-hybridized carbons (Fsp3) is 0.100. The zero-order valence-electron chi connectivity index (χ0n) is 12.1. The largest absolute Gasteiger partial charge is 0.488 e. The fourth-order valence-electron chi connectivity index (χ4n) is 2.29. The lowest BCUT2D eigenvalue weighted by molar-refractivity contribution is 0.307. The average Bonchev–Trinajstić information content (AvgIpc) is 2.55. The highest BCUT2D eigenvalue weighted by molar-refractivity contribution is 5.70. The van der Waals surface area contributed by atoms with Crippen molar-refractivity contribution in [2.24, 2.45) is 0 Å². The summed E-state index contributed by atoms with van der Waals surface area (Å²) in [7, 11) is 0. The molecule has 0 amide bonds. The molecule has 3 aromatic rings. The van der Waals surface area contributed by atoms with Crippen LogP contribution in [-0.2, 0) is 6.61 Å². The van der Waals surface area contributed by atoms with Gasteiger partial charge in [0.15, 0.2) is 0 Å². The van der Waals surface area contributed by atoms with Gasteiger partial charge in [0.05, 0.1) is 0 Å².